The van der Waals surface area contributed by atoms with E-state index in [1.807, 2.05) is 36.4 Å². The molecule has 2 atom stereocenters. The predicted octanol–water partition coefficient (Wildman–Crippen LogP) is 5.79. The zero-order chi connectivity index (χ0) is 17.6. The van der Waals surface area contributed by atoms with Gasteiger partial charge in [-0.25, -0.2) is 0 Å². The van der Waals surface area contributed by atoms with E-state index in [1.54, 1.807) is 18.2 Å². The summed E-state index contributed by atoms with van der Waals surface area (Å²) < 4.78 is 5.75. The lowest BCUT2D eigenvalue weighted by atomic mass is 9.78. The minimum Gasteiger partial charge on any atom is -0.441 e. The Hall–Kier alpha value is -2.54. The maximum atomic E-state index is 9.66. The highest BCUT2D eigenvalue weighted by Gasteiger charge is 2.39. The quantitative estimate of drug-likeness (QED) is 0.592. The predicted molar refractivity (Wildman–Crippen MR) is 99.7 cm³/mol. The topological polar surface area (TPSA) is 56.9 Å². The fourth-order valence-electron chi connectivity index (χ4n) is 3.39. The molecule has 1 N–H and O–H groups in total. The number of halogens is 2. The van der Waals surface area contributed by atoms with Crippen molar-refractivity contribution in [3.05, 3.63) is 75.8 Å². The summed E-state index contributed by atoms with van der Waals surface area (Å²) in [6.45, 7) is 0. The second kappa shape index (κ2) is 6.07. The summed E-state index contributed by atoms with van der Waals surface area (Å²) in [4.78, 5) is 0. The molecule has 0 bridgehead atoms. The van der Waals surface area contributed by atoms with Crippen LogP contribution in [0.15, 0.2) is 54.6 Å². The number of ether oxygens (including phenoxy) is 1. The lowest BCUT2D eigenvalue weighted by molar-refractivity contribution is 0.455. The van der Waals surface area contributed by atoms with Gasteiger partial charge >= 0.3 is 0 Å². The van der Waals surface area contributed by atoms with Gasteiger partial charge in [-0.3, -0.25) is 5.41 Å². The molecule has 25 heavy (non-hydrogen) atoms. The lowest BCUT2D eigenvalue weighted by Gasteiger charge is -2.32. The maximum Gasteiger partial charge on any atom is 0.205 e. The molecule has 1 aliphatic heterocycles. The van der Waals surface area contributed by atoms with Gasteiger partial charge in [-0.1, -0.05) is 65.7 Å². The molecule has 122 valence electrons. The average Bonchev–Trinajstić information content (AvgIpc) is 2.61. The zero-order valence-electron chi connectivity index (χ0n) is 13.0. The molecule has 0 saturated heterocycles. The number of hydrogen-bond acceptors (Lipinski definition) is 3. The number of nitrogens with one attached hydrogen (secondary N) is 1. The molecule has 0 radical (unpaired) electrons. The number of nitriles is 1. The number of hydrogen-bond donors (Lipinski definition) is 1. The Bertz CT molecular complexity index is 1030. The molecule has 3 aromatic rings. The Labute approximate surface area is 154 Å². The molecular weight excluding hydrogens is 355 g/mol. The van der Waals surface area contributed by atoms with Crippen molar-refractivity contribution in [3.8, 4) is 11.8 Å². The Kier molecular flexibility index (Phi) is 3.88. The molecule has 0 aliphatic carbocycles. The van der Waals surface area contributed by atoms with Crippen LogP contribution >= 0.6 is 23.2 Å². The molecule has 0 amide bonds. The van der Waals surface area contributed by atoms with Gasteiger partial charge < -0.3 is 4.74 Å². The Morgan fingerprint density at radius 2 is 1.68 bits per heavy atom. The first-order valence-corrected chi connectivity index (χ1v) is 8.49. The Morgan fingerprint density at radius 1 is 0.960 bits per heavy atom. The summed E-state index contributed by atoms with van der Waals surface area (Å²) in [6.07, 6.45) is 0. The Balaban J connectivity index is 2.05. The third-order valence-electron chi connectivity index (χ3n) is 4.52. The van der Waals surface area contributed by atoms with Crippen LogP contribution < -0.4 is 4.74 Å². The van der Waals surface area contributed by atoms with E-state index in [9.17, 15) is 5.26 Å². The monoisotopic (exact) mass is 366 g/mol. The van der Waals surface area contributed by atoms with E-state index in [-0.39, 0.29) is 5.90 Å². The van der Waals surface area contributed by atoms with Gasteiger partial charge in [-0.15, -0.1) is 0 Å². The van der Waals surface area contributed by atoms with Gasteiger partial charge in [0.2, 0.25) is 5.90 Å². The van der Waals surface area contributed by atoms with Crippen molar-refractivity contribution in [1.29, 1.82) is 10.7 Å². The van der Waals surface area contributed by atoms with E-state index in [2.05, 4.69) is 6.07 Å². The largest absolute Gasteiger partial charge is 0.441 e. The SMILES string of the molecule is N#CC1C(=N)Oc2c(ccc3ccccc23)C1c1c(Cl)cccc1Cl. The van der Waals surface area contributed by atoms with Gasteiger partial charge in [-0.2, -0.15) is 5.26 Å². The smallest absolute Gasteiger partial charge is 0.205 e. The molecule has 2 unspecified atom stereocenters. The summed E-state index contributed by atoms with van der Waals surface area (Å²) in [7, 11) is 0. The first-order valence-electron chi connectivity index (χ1n) is 7.73. The van der Waals surface area contributed by atoms with Crippen molar-refractivity contribution < 1.29 is 4.74 Å². The summed E-state index contributed by atoms with van der Waals surface area (Å²) >= 11 is 12.8. The van der Waals surface area contributed by atoms with Crippen molar-refractivity contribution in [2.45, 2.75) is 5.92 Å². The summed E-state index contributed by atoms with van der Waals surface area (Å²) in [6, 6.07) is 19.1. The molecule has 1 heterocycles. The zero-order valence-corrected chi connectivity index (χ0v) is 14.5. The van der Waals surface area contributed by atoms with Crippen LogP contribution in [0, 0.1) is 22.7 Å². The minimum atomic E-state index is -0.786. The molecule has 3 aromatic carbocycles. The number of rotatable bonds is 1. The fraction of sp³-hybridized carbons (Fsp3) is 0.100. The number of fused-ring (bicyclic) bond motifs is 3. The highest BCUT2D eigenvalue weighted by molar-refractivity contribution is 6.36. The third-order valence-corrected chi connectivity index (χ3v) is 5.18. The van der Waals surface area contributed by atoms with Crippen LogP contribution in [0.25, 0.3) is 10.8 Å². The van der Waals surface area contributed by atoms with E-state index in [0.717, 1.165) is 16.3 Å². The van der Waals surface area contributed by atoms with Gasteiger partial charge in [-0.05, 0) is 23.1 Å². The molecule has 5 heteroatoms. The van der Waals surface area contributed by atoms with Crippen molar-refractivity contribution in [2.75, 3.05) is 0 Å². The van der Waals surface area contributed by atoms with Crippen LogP contribution in [-0.4, -0.2) is 5.90 Å². The molecule has 0 fully saturated rings. The fourth-order valence-corrected chi connectivity index (χ4v) is 4.02. The molecule has 0 spiro atoms. The van der Waals surface area contributed by atoms with Crippen molar-refractivity contribution in [3.63, 3.8) is 0 Å². The van der Waals surface area contributed by atoms with E-state index in [1.165, 1.54) is 0 Å². The van der Waals surface area contributed by atoms with Crippen LogP contribution in [0.1, 0.15) is 17.0 Å². The molecule has 0 saturated carbocycles. The molecule has 3 nitrogen and oxygen atoms in total. The highest BCUT2D eigenvalue weighted by Crippen LogP contribution is 2.48. The standard InChI is InChI=1S/C20H12Cl2N2O/c21-15-6-3-7-16(22)18(15)17-13-9-8-11-4-1-2-5-12(11)19(13)25-20(24)14(17)10-23/h1-9,14,17,24H. The number of benzene rings is 3. The van der Waals surface area contributed by atoms with Gasteiger partial charge in [0, 0.05) is 26.9 Å². The lowest BCUT2D eigenvalue weighted by Crippen LogP contribution is -2.31. The minimum absolute atomic E-state index is 0.0904. The second-order valence-corrected chi connectivity index (χ2v) is 6.71. The van der Waals surface area contributed by atoms with Crippen LogP contribution in [0.2, 0.25) is 10.0 Å². The van der Waals surface area contributed by atoms with Gasteiger partial charge in [0.15, 0.2) is 0 Å². The van der Waals surface area contributed by atoms with E-state index >= 15 is 0 Å². The van der Waals surface area contributed by atoms with Crippen molar-refractivity contribution in [2.24, 2.45) is 5.92 Å². The molecule has 1 aliphatic rings. The molecular formula is C20H12Cl2N2O. The van der Waals surface area contributed by atoms with E-state index in [4.69, 9.17) is 33.3 Å². The van der Waals surface area contributed by atoms with Crippen molar-refractivity contribution in [1.82, 2.24) is 0 Å². The normalized spacial score (nSPS) is 19.2. The Morgan fingerprint density at radius 3 is 2.40 bits per heavy atom. The average molecular weight is 367 g/mol. The first-order chi connectivity index (χ1) is 12.1. The number of nitrogens with zero attached hydrogens (tertiary/aromatic N) is 1. The summed E-state index contributed by atoms with van der Waals surface area (Å²) in [5, 5.41) is 20.8. The maximum absolute atomic E-state index is 9.66. The van der Waals surface area contributed by atoms with Crippen LogP contribution in [0.5, 0.6) is 5.75 Å². The third kappa shape index (κ3) is 2.46. The molecule has 4 rings (SSSR count). The van der Waals surface area contributed by atoms with Crippen LogP contribution in [0.4, 0.5) is 0 Å². The van der Waals surface area contributed by atoms with E-state index < -0.39 is 11.8 Å². The summed E-state index contributed by atoms with van der Waals surface area (Å²) in [5.74, 6) is -0.735. The summed E-state index contributed by atoms with van der Waals surface area (Å²) in [5.41, 5.74) is 1.47. The molecule has 0 aromatic heterocycles. The van der Waals surface area contributed by atoms with Crippen LogP contribution in [-0.2, 0) is 0 Å². The van der Waals surface area contributed by atoms with Gasteiger partial charge in [0.25, 0.3) is 0 Å². The van der Waals surface area contributed by atoms with Gasteiger partial charge in [0.05, 0.1) is 6.07 Å². The van der Waals surface area contributed by atoms with Crippen molar-refractivity contribution >= 4 is 39.9 Å². The second-order valence-electron chi connectivity index (χ2n) is 5.89. The van der Waals surface area contributed by atoms with Gasteiger partial charge in [0.1, 0.15) is 11.7 Å². The first kappa shape index (κ1) is 16.0. The highest BCUT2D eigenvalue weighted by atomic mass is 35.5. The van der Waals surface area contributed by atoms with Crippen LogP contribution in [0.3, 0.4) is 0 Å². The van der Waals surface area contributed by atoms with E-state index in [0.29, 0.717) is 21.4 Å².